The van der Waals surface area contributed by atoms with Crippen molar-refractivity contribution in [3.63, 3.8) is 0 Å². The Balaban J connectivity index is 1.63. The van der Waals surface area contributed by atoms with Gasteiger partial charge in [-0.25, -0.2) is 14.4 Å². The molecule has 186 valence electrons. The molecule has 1 aliphatic heterocycles. The molecule has 0 aliphatic carbocycles. The average molecular weight is 509 g/mol. The highest BCUT2D eigenvalue weighted by Crippen LogP contribution is 2.36. The summed E-state index contributed by atoms with van der Waals surface area (Å²) in [5.41, 5.74) is 0.470. The fourth-order valence-electron chi connectivity index (χ4n) is 3.79. The van der Waals surface area contributed by atoms with E-state index in [1.807, 2.05) is 30.7 Å². The lowest BCUT2D eigenvalue weighted by molar-refractivity contribution is -0.137. The van der Waals surface area contributed by atoms with Gasteiger partial charge >= 0.3 is 6.18 Å². The van der Waals surface area contributed by atoms with Crippen LogP contribution < -0.4 is 14.7 Å². The van der Waals surface area contributed by atoms with Crippen LogP contribution in [0.1, 0.15) is 19.4 Å². The second-order valence-electron chi connectivity index (χ2n) is 8.59. The molecule has 3 aromatic rings. The van der Waals surface area contributed by atoms with E-state index in [1.54, 1.807) is 17.0 Å². The molecule has 6 nitrogen and oxygen atoms in total. The molecule has 0 atom stereocenters. The van der Waals surface area contributed by atoms with E-state index in [4.69, 9.17) is 16.6 Å². The highest BCUT2D eigenvalue weighted by atomic mass is 35.5. The van der Waals surface area contributed by atoms with Crippen molar-refractivity contribution in [2.75, 3.05) is 47.9 Å². The van der Waals surface area contributed by atoms with E-state index in [-0.39, 0.29) is 16.9 Å². The summed E-state index contributed by atoms with van der Waals surface area (Å²) in [6.45, 7) is 5.59. The predicted octanol–water partition coefficient (Wildman–Crippen LogP) is 5.52. The number of piperazine rings is 1. The highest BCUT2D eigenvalue weighted by molar-refractivity contribution is 6.31. The lowest BCUT2D eigenvalue weighted by Crippen LogP contribution is -2.47. The Morgan fingerprint density at radius 2 is 1.69 bits per heavy atom. The molecule has 11 heteroatoms. The van der Waals surface area contributed by atoms with Crippen LogP contribution in [0.5, 0.6) is 0 Å². The minimum absolute atomic E-state index is 0.00845. The molecule has 0 amide bonds. The standard InChI is InChI=1S/C24H25ClF4N6/c1-15(2)33(3)23-31-20(16-6-7-19(26)18(25)13-16)14-21(32-23)34-9-11-35(12-10-34)22-17(24(27,28)29)5-4-8-30-22/h4-8,13-15H,9-12H2,1-3H3. The number of alkyl halides is 3. The topological polar surface area (TPSA) is 48.4 Å². The van der Waals surface area contributed by atoms with E-state index in [0.29, 0.717) is 49.2 Å². The maximum absolute atomic E-state index is 13.7. The Hall–Kier alpha value is -3.14. The van der Waals surface area contributed by atoms with E-state index < -0.39 is 17.6 Å². The smallest absolute Gasteiger partial charge is 0.353 e. The Labute approximate surface area is 206 Å². The van der Waals surface area contributed by atoms with E-state index in [1.165, 1.54) is 24.4 Å². The maximum atomic E-state index is 13.7. The molecule has 0 radical (unpaired) electrons. The van der Waals surface area contributed by atoms with Gasteiger partial charge in [0.05, 0.1) is 16.3 Å². The number of nitrogens with zero attached hydrogens (tertiary/aromatic N) is 6. The Morgan fingerprint density at radius 1 is 1.00 bits per heavy atom. The van der Waals surface area contributed by atoms with Gasteiger partial charge in [0.25, 0.3) is 0 Å². The molecule has 1 aliphatic rings. The summed E-state index contributed by atoms with van der Waals surface area (Å²) in [6.07, 6.45) is -3.11. The monoisotopic (exact) mass is 508 g/mol. The molecule has 1 fully saturated rings. The molecule has 0 saturated carbocycles. The molecule has 4 rings (SSSR count). The number of hydrogen-bond donors (Lipinski definition) is 0. The number of pyridine rings is 1. The number of benzene rings is 1. The summed E-state index contributed by atoms with van der Waals surface area (Å²) in [4.78, 5) is 18.9. The van der Waals surface area contributed by atoms with Crippen LogP contribution in [0, 0.1) is 5.82 Å². The summed E-state index contributed by atoms with van der Waals surface area (Å²) >= 11 is 5.99. The molecule has 0 N–H and O–H groups in total. The summed E-state index contributed by atoms with van der Waals surface area (Å²) in [5.74, 6) is 0.534. The third kappa shape index (κ3) is 5.42. The van der Waals surface area contributed by atoms with E-state index in [2.05, 4.69) is 9.97 Å². The summed E-state index contributed by atoms with van der Waals surface area (Å²) in [7, 11) is 1.88. The normalized spacial score (nSPS) is 14.5. The Bertz CT molecular complexity index is 1190. The SMILES string of the molecule is CC(C)N(C)c1nc(-c2ccc(F)c(Cl)c2)cc(N2CCN(c3ncccc3C(F)(F)F)CC2)n1. The molecule has 0 spiro atoms. The highest BCUT2D eigenvalue weighted by Gasteiger charge is 2.36. The molecule has 35 heavy (non-hydrogen) atoms. The summed E-state index contributed by atoms with van der Waals surface area (Å²) < 4.78 is 54.1. The van der Waals surface area contributed by atoms with Crippen molar-refractivity contribution in [2.45, 2.75) is 26.1 Å². The first-order valence-electron chi connectivity index (χ1n) is 11.1. The summed E-state index contributed by atoms with van der Waals surface area (Å²) in [6, 6.07) is 8.65. The van der Waals surface area contributed by atoms with Gasteiger partial charge in [0.15, 0.2) is 0 Å². The number of hydrogen-bond acceptors (Lipinski definition) is 6. The third-order valence-corrected chi connectivity index (χ3v) is 6.29. The zero-order valence-electron chi connectivity index (χ0n) is 19.5. The van der Waals surface area contributed by atoms with Gasteiger partial charge in [-0.05, 0) is 44.2 Å². The molecule has 2 aromatic heterocycles. The van der Waals surface area contributed by atoms with E-state index >= 15 is 0 Å². The van der Waals surface area contributed by atoms with Gasteiger partial charge in [-0.3, -0.25) is 0 Å². The van der Waals surface area contributed by atoms with E-state index in [9.17, 15) is 17.6 Å². The van der Waals surface area contributed by atoms with Crippen LogP contribution >= 0.6 is 11.6 Å². The third-order valence-electron chi connectivity index (χ3n) is 6.00. The van der Waals surface area contributed by atoms with E-state index in [0.717, 1.165) is 6.07 Å². The molecule has 3 heterocycles. The minimum Gasteiger partial charge on any atom is -0.353 e. The molecule has 1 saturated heterocycles. The second-order valence-corrected chi connectivity index (χ2v) is 9.00. The number of aromatic nitrogens is 3. The average Bonchev–Trinajstić information content (AvgIpc) is 2.84. The minimum atomic E-state index is -4.48. The Morgan fingerprint density at radius 3 is 2.31 bits per heavy atom. The first kappa shape index (κ1) is 25.0. The van der Waals surface area contributed by atoms with Crippen LogP contribution in [0.25, 0.3) is 11.3 Å². The van der Waals surface area contributed by atoms with Crippen molar-refractivity contribution in [1.29, 1.82) is 0 Å². The number of anilines is 3. The van der Waals surface area contributed by atoms with Gasteiger partial charge in [0, 0.05) is 57.1 Å². The lowest BCUT2D eigenvalue weighted by Gasteiger charge is -2.37. The van der Waals surface area contributed by atoms with Crippen LogP contribution in [-0.2, 0) is 6.18 Å². The van der Waals surface area contributed by atoms with Crippen LogP contribution in [0.2, 0.25) is 5.02 Å². The van der Waals surface area contributed by atoms with Crippen LogP contribution in [0.3, 0.4) is 0 Å². The van der Waals surface area contributed by atoms with Gasteiger partial charge in [-0.15, -0.1) is 0 Å². The molecular weight excluding hydrogens is 484 g/mol. The first-order valence-corrected chi connectivity index (χ1v) is 11.5. The second kappa shape index (κ2) is 9.85. The molecule has 1 aromatic carbocycles. The Kier molecular flexibility index (Phi) is 7.02. The maximum Gasteiger partial charge on any atom is 0.419 e. The van der Waals surface area contributed by atoms with Crippen LogP contribution in [0.4, 0.5) is 35.1 Å². The van der Waals surface area contributed by atoms with Crippen molar-refractivity contribution >= 4 is 29.2 Å². The fourth-order valence-corrected chi connectivity index (χ4v) is 3.97. The van der Waals surface area contributed by atoms with Crippen LogP contribution in [-0.4, -0.2) is 54.2 Å². The fraction of sp³-hybridized carbons (Fsp3) is 0.375. The zero-order valence-corrected chi connectivity index (χ0v) is 20.3. The van der Waals surface area contributed by atoms with Gasteiger partial charge in [0.1, 0.15) is 17.5 Å². The number of rotatable bonds is 5. The largest absolute Gasteiger partial charge is 0.419 e. The first-order chi connectivity index (χ1) is 16.5. The van der Waals surface area contributed by atoms with Crippen LogP contribution in [0.15, 0.2) is 42.6 Å². The van der Waals surface area contributed by atoms with Crippen molar-refractivity contribution in [2.24, 2.45) is 0 Å². The van der Waals surface area contributed by atoms with Crippen molar-refractivity contribution in [3.05, 3.63) is 59.0 Å². The van der Waals surface area contributed by atoms with Crippen molar-refractivity contribution in [1.82, 2.24) is 15.0 Å². The van der Waals surface area contributed by atoms with Gasteiger partial charge < -0.3 is 14.7 Å². The molecular formula is C24H25ClF4N6. The lowest BCUT2D eigenvalue weighted by atomic mass is 10.1. The van der Waals surface area contributed by atoms with Gasteiger partial charge in [0.2, 0.25) is 5.95 Å². The molecule has 0 bridgehead atoms. The summed E-state index contributed by atoms with van der Waals surface area (Å²) in [5, 5.41) is -0.00845. The zero-order chi connectivity index (χ0) is 25.3. The molecule has 0 unspecified atom stereocenters. The van der Waals surface area contributed by atoms with Crippen molar-refractivity contribution < 1.29 is 17.6 Å². The van der Waals surface area contributed by atoms with Gasteiger partial charge in [-0.2, -0.15) is 18.2 Å². The van der Waals surface area contributed by atoms with Gasteiger partial charge in [-0.1, -0.05) is 11.6 Å². The quantitative estimate of drug-likeness (QED) is 0.423. The van der Waals surface area contributed by atoms with Crippen molar-refractivity contribution in [3.8, 4) is 11.3 Å². The predicted molar refractivity (Wildman–Crippen MR) is 130 cm³/mol. The number of halogens is 5.